The highest BCUT2D eigenvalue weighted by Crippen LogP contribution is 2.13. The zero-order valence-electron chi connectivity index (χ0n) is 13.5. The number of carbonyl (C=O) groups is 1. The molecule has 2 aromatic rings. The van der Waals surface area contributed by atoms with Gasteiger partial charge < -0.3 is 4.90 Å². The Bertz CT molecular complexity index is 774. The van der Waals surface area contributed by atoms with Crippen molar-refractivity contribution in [2.75, 3.05) is 12.3 Å². The van der Waals surface area contributed by atoms with Gasteiger partial charge in [-0.25, -0.2) is 8.42 Å². The van der Waals surface area contributed by atoms with Crippen LogP contribution in [0.2, 0.25) is 5.02 Å². The van der Waals surface area contributed by atoms with E-state index in [2.05, 4.69) is 0 Å². The fourth-order valence-electron chi connectivity index (χ4n) is 2.35. The molecule has 0 fully saturated rings. The van der Waals surface area contributed by atoms with Crippen LogP contribution in [0.3, 0.4) is 0 Å². The summed E-state index contributed by atoms with van der Waals surface area (Å²) in [5.41, 5.74) is 1.60. The first kappa shape index (κ1) is 18.5. The van der Waals surface area contributed by atoms with Crippen LogP contribution in [0.1, 0.15) is 18.1 Å². The second-order valence-electron chi connectivity index (χ2n) is 5.55. The molecular weight excluding hydrogens is 346 g/mol. The smallest absolute Gasteiger partial charge is 0.238 e. The summed E-state index contributed by atoms with van der Waals surface area (Å²) >= 11 is 5.79. The largest absolute Gasteiger partial charge is 0.338 e. The highest BCUT2D eigenvalue weighted by Gasteiger charge is 2.21. The molecule has 0 N–H and O–H groups in total. The first-order chi connectivity index (χ1) is 11.4. The van der Waals surface area contributed by atoms with E-state index in [9.17, 15) is 13.2 Å². The Labute approximate surface area is 148 Å². The molecule has 0 unspecified atom stereocenters. The Hall–Kier alpha value is -1.85. The zero-order valence-corrected chi connectivity index (χ0v) is 15.1. The van der Waals surface area contributed by atoms with Crippen LogP contribution >= 0.6 is 11.6 Å². The number of nitrogens with zero attached hydrogens (tertiary/aromatic N) is 1. The molecule has 2 rings (SSSR count). The minimum absolute atomic E-state index is 0.168. The van der Waals surface area contributed by atoms with Crippen molar-refractivity contribution >= 4 is 27.3 Å². The molecule has 128 valence electrons. The van der Waals surface area contributed by atoms with Gasteiger partial charge in [0.15, 0.2) is 9.84 Å². The van der Waals surface area contributed by atoms with Crippen LogP contribution < -0.4 is 0 Å². The highest BCUT2D eigenvalue weighted by atomic mass is 35.5. The zero-order chi connectivity index (χ0) is 17.6. The van der Waals surface area contributed by atoms with Gasteiger partial charge in [0, 0.05) is 18.1 Å². The third-order valence-corrected chi connectivity index (χ3v) is 5.31. The summed E-state index contributed by atoms with van der Waals surface area (Å²) in [4.78, 5) is 13.9. The molecule has 2 aromatic carbocycles. The second kappa shape index (κ2) is 8.31. The molecule has 1 amide bonds. The summed E-state index contributed by atoms with van der Waals surface area (Å²) in [5, 5.41) is 0.548. The molecule has 24 heavy (non-hydrogen) atoms. The standard InChI is InChI=1S/C18H20ClNO3S/c1-2-20(12-15-6-4-3-5-7-15)18(21)14-24(22,23)13-16-8-10-17(19)11-9-16/h3-11H,2,12-14H2,1H3. The molecule has 6 heteroatoms. The van der Waals surface area contributed by atoms with E-state index in [-0.39, 0.29) is 11.7 Å². The normalized spacial score (nSPS) is 11.2. The van der Waals surface area contributed by atoms with Crippen molar-refractivity contribution in [3.05, 3.63) is 70.7 Å². The van der Waals surface area contributed by atoms with Gasteiger partial charge >= 0.3 is 0 Å². The molecule has 0 atom stereocenters. The van der Waals surface area contributed by atoms with Gasteiger partial charge in [0.2, 0.25) is 5.91 Å². The molecule has 0 aromatic heterocycles. The molecule has 0 radical (unpaired) electrons. The minimum atomic E-state index is -3.53. The Kier molecular flexibility index (Phi) is 6.40. The van der Waals surface area contributed by atoms with Gasteiger partial charge in [-0.3, -0.25) is 4.79 Å². The Morgan fingerprint density at radius 1 is 1.00 bits per heavy atom. The maximum Gasteiger partial charge on any atom is 0.238 e. The minimum Gasteiger partial charge on any atom is -0.338 e. The summed E-state index contributed by atoms with van der Waals surface area (Å²) < 4.78 is 24.6. The molecule has 0 aliphatic carbocycles. The number of rotatable bonds is 7. The van der Waals surface area contributed by atoms with E-state index >= 15 is 0 Å². The molecule has 0 heterocycles. The Morgan fingerprint density at radius 3 is 2.21 bits per heavy atom. The molecule has 0 spiro atoms. The molecular formula is C18H20ClNO3S. The quantitative estimate of drug-likeness (QED) is 0.756. The van der Waals surface area contributed by atoms with E-state index < -0.39 is 15.6 Å². The molecule has 0 aliphatic rings. The Balaban J connectivity index is 2.01. The van der Waals surface area contributed by atoms with Crippen LogP contribution in [0.15, 0.2) is 54.6 Å². The number of hydrogen-bond acceptors (Lipinski definition) is 3. The number of benzene rings is 2. The lowest BCUT2D eigenvalue weighted by Gasteiger charge is -2.21. The molecule has 4 nitrogen and oxygen atoms in total. The van der Waals surface area contributed by atoms with Gasteiger partial charge in [0.25, 0.3) is 0 Å². The van der Waals surface area contributed by atoms with Gasteiger partial charge in [0.05, 0.1) is 5.75 Å². The predicted octanol–water partition coefficient (Wildman–Crippen LogP) is 3.30. The monoisotopic (exact) mass is 365 g/mol. The number of halogens is 1. The fourth-order valence-corrected chi connectivity index (χ4v) is 3.83. The molecule has 0 aliphatic heterocycles. The van der Waals surface area contributed by atoms with Crippen molar-refractivity contribution in [2.45, 2.75) is 19.2 Å². The summed E-state index contributed by atoms with van der Waals surface area (Å²) in [6.07, 6.45) is 0. The first-order valence-electron chi connectivity index (χ1n) is 7.66. The predicted molar refractivity (Wildman–Crippen MR) is 96.5 cm³/mol. The van der Waals surface area contributed by atoms with Crippen LogP contribution in [0.5, 0.6) is 0 Å². The lowest BCUT2D eigenvalue weighted by Crippen LogP contribution is -2.35. The maximum absolute atomic E-state index is 12.4. The number of carbonyl (C=O) groups excluding carboxylic acids is 1. The van der Waals surface area contributed by atoms with E-state index in [0.717, 1.165) is 5.56 Å². The van der Waals surface area contributed by atoms with Crippen molar-refractivity contribution in [3.63, 3.8) is 0 Å². The topological polar surface area (TPSA) is 54.5 Å². The summed E-state index contributed by atoms with van der Waals surface area (Å²) in [6, 6.07) is 16.1. The van der Waals surface area contributed by atoms with Gasteiger partial charge in [-0.15, -0.1) is 0 Å². The third kappa shape index (κ3) is 5.65. The molecule has 0 saturated carbocycles. The van der Waals surface area contributed by atoms with E-state index in [0.29, 0.717) is 23.7 Å². The fraction of sp³-hybridized carbons (Fsp3) is 0.278. The summed E-state index contributed by atoms with van der Waals surface area (Å²) in [6.45, 7) is 2.71. The highest BCUT2D eigenvalue weighted by molar-refractivity contribution is 7.91. The molecule has 0 bridgehead atoms. The summed E-state index contributed by atoms with van der Waals surface area (Å²) in [5.74, 6) is -1.04. The Morgan fingerprint density at radius 2 is 1.62 bits per heavy atom. The third-order valence-electron chi connectivity index (χ3n) is 3.59. The van der Waals surface area contributed by atoms with Crippen molar-refractivity contribution in [1.82, 2.24) is 4.90 Å². The second-order valence-corrected chi connectivity index (χ2v) is 8.05. The van der Waals surface area contributed by atoms with Gasteiger partial charge in [-0.2, -0.15) is 0 Å². The average Bonchev–Trinajstić information content (AvgIpc) is 2.55. The van der Waals surface area contributed by atoms with Crippen LogP contribution in [-0.2, 0) is 26.9 Å². The maximum atomic E-state index is 12.4. The van der Waals surface area contributed by atoms with E-state index in [1.165, 1.54) is 0 Å². The van der Waals surface area contributed by atoms with E-state index in [4.69, 9.17) is 11.6 Å². The van der Waals surface area contributed by atoms with Crippen LogP contribution in [0.25, 0.3) is 0 Å². The van der Waals surface area contributed by atoms with E-state index in [1.807, 2.05) is 37.3 Å². The van der Waals surface area contributed by atoms with Gasteiger partial charge in [0.1, 0.15) is 5.75 Å². The molecule has 0 saturated heterocycles. The van der Waals surface area contributed by atoms with Crippen LogP contribution in [0.4, 0.5) is 0 Å². The van der Waals surface area contributed by atoms with Gasteiger partial charge in [-0.05, 0) is 30.2 Å². The first-order valence-corrected chi connectivity index (χ1v) is 9.86. The van der Waals surface area contributed by atoms with Crippen molar-refractivity contribution < 1.29 is 13.2 Å². The van der Waals surface area contributed by atoms with Gasteiger partial charge in [-0.1, -0.05) is 54.1 Å². The summed E-state index contributed by atoms with van der Waals surface area (Å²) in [7, 11) is -3.53. The number of amides is 1. The van der Waals surface area contributed by atoms with Crippen LogP contribution in [0, 0.1) is 0 Å². The number of hydrogen-bond donors (Lipinski definition) is 0. The van der Waals surface area contributed by atoms with Crippen molar-refractivity contribution in [3.8, 4) is 0 Å². The van der Waals surface area contributed by atoms with Crippen LogP contribution in [-0.4, -0.2) is 31.5 Å². The lowest BCUT2D eigenvalue weighted by molar-refractivity contribution is -0.128. The lowest BCUT2D eigenvalue weighted by atomic mass is 10.2. The van der Waals surface area contributed by atoms with Crippen molar-refractivity contribution in [1.29, 1.82) is 0 Å². The SMILES string of the molecule is CCN(Cc1ccccc1)C(=O)CS(=O)(=O)Cc1ccc(Cl)cc1. The van der Waals surface area contributed by atoms with E-state index in [1.54, 1.807) is 29.2 Å². The van der Waals surface area contributed by atoms with Crippen molar-refractivity contribution in [2.24, 2.45) is 0 Å². The number of sulfone groups is 1. The average molecular weight is 366 g/mol.